The first-order valence-electron chi connectivity index (χ1n) is 6.19. The Morgan fingerprint density at radius 2 is 2.42 bits per heavy atom. The molecule has 0 bridgehead atoms. The first kappa shape index (κ1) is 14.1. The molecule has 1 aromatic rings. The molecular weight excluding hydrogens is 266 g/mol. The molecule has 0 spiro atoms. The molecule has 19 heavy (non-hydrogen) atoms. The normalized spacial score (nSPS) is 20.2. The van der Waals surface area contributed by atoms with Crippen LogP contribution in [0.25, 0.3) is 0 Å². The maximum absolute atomic E-state index is 11.8. The number of carbonyl (C=O) groups excluding carboxylic acids is 1. The molecule has 0 aliphatic carbocycles. The van der Waals surface area contributed by atoms with E-state index >= 15 is 0 Å². The molecule has 5 nitrogen and oxygen atoms in total. The molecule has 3 N–H and O–H groups in total. The van der Waals surface area contributed by atoms with E-state index in [0.29, 0.717) is 37.0 Å². The minimum atomic E-state index is -0.281. The van der Waals surface area contributed by atoms with E-state index in [1.54, 1.807) is 19.2 Å². The number of carbonyl (C=O) groups is 1. The maximum Gasteiger partial charge on any atom is 0.239 e. The highest BCUT2D eigenvalue weighted by atomic mass is 35.5. The number of hydrogen-bond acceptors (Lipinski definition) is 4. The lowest BCUT2D eigenvalue weighted by atomic mass is 10.1. The molecule has 1 amide bonds. The highest BCUT2D eigenvalue weighted by molar-refractivity contribution is 6.31. The number of morpholine rings is 1. The van der Waals surface area contributed by atoms with Crippen LogP contribution in [0.5, 0.6) is 0 Å². The Morgan fingerprint density at radius 3 is 3.16 bits per heavy atom. The molecule has 1 atom stereocenters. The Hall–Kier alpha value is -1.30. The van der Waals surface area contributed by atoms with Crippen LogP contribution in [0.1, 0.15) is 5.56 Å². The topological polar surface area (TPSA) is 67.6 Å². The fourth-order valence-electron chi connectivity index (χ4n) is 2.17. The molecule has 6 heteroatoms. The third-order valence-corrected chi connectivity index (χ3v) is 3.60. The van der Waals surface area contributed by atoms with Crippen molar-refractivity contribution in [3.63, 3.8) is 0 Å². The summed E-state index contributed by atoms with van der Waals surface area (Å²) >= 11 is 6.16. The summed E-state index contributed by atoms with van der Waals surface area (Å²) in [4.78, 5) is 13.9. The highest BCUT2D eigenvalue weighted by Crippen LogP contribution is 2.22. The summed E-state index contributed by atoms with van der Waals surface area (Å²) in [7, 11) is 1.63. The van der Waals surface area contributed by atoms with Crippen molar-refractivity contribution in [1.82, 2.24) is 10.2 Å². The van der Waals surface area contributed by atoms with Crippen LogP contribution in [-0.4, -0.2) is 43.7 Å². The minimum absolute atomic E-state index is 0.0419. The number of nitrogens with one attached hydrogen (secondary N) is 1. The minimum Gasteiger partial charge on any atom is -0.399 e. The van der Waals surface area contributed by atoms with Gasteiger partial charge in [0.2, 0.25) is 5.91 Å². The van der Waals surface area contributed by atoms with Crippen molar-refractivity contribution in [1.29, 1.82) is 0 Å². The van der Waals surface area contributed by atoms with Crippen LogP contribution in [0.15, 0.2) is 18.2 Å². The summed E-state index contributed by atoms with van der Waals surface area (Å²) in [6, 6.07) is 5.11. The molecule has 2 rings (SSSR count). The van der Waals surface area contributed by atoms with Gasteiger partial charge in [-0.1, -0.05) is 11.6 Å². The van der Waals surface area contributed by atoms with Crippen LogP contribution < -0.4 is 11.1 Å². The van der Waals surface area contributed by atoms with E-state index in [2.05, 4.69) is 10.2 Å². The molecule has 0 saturated carbocycles. The molecule has 1 heterocycles. The van der Waals surface area contributed by atoms with Gasteiger partial charge in [0.05, 0.1) is 13.2 Å². The highest BCUT2D eigenvalue weighted by Gasteiger charge is 2.29. The van der Waals surface area contributed by atoms with Gasteiger partial charge in [-0.15, -0.1) is 0 Å². The number of benzene rings is 1. The second-order valence-electron chi connectivity index (χ2n) is 4.53. The third kappa shape index (κ3) is 3.37. The predicted molar refractivity (Wildman–Crippen MR) is 74.9 cm³/mol. The molecule has 1 aliphatic heterocycles. The number of anilines is 1. The summed E-state index contributed by atoms with van der Waals surface area (Å²) in [6.07, 6.45) is 0. The number of nitrogens with two attached hydrogens (primary N) is 1. The largest absolute Gasteiger partial charge is 0.399 e. The van der Waals surface area contributed by atoms with Gasteiger partial charge in [-0.3, -0.25) is 9.69 Å². The molecule has 1 aromatic carbocycles. The average molecular weight is 284 g/mol. The van der Waals surface area contributed by atoms with Crippen LogP contribution in [-0.2, 0) is 16.1 Å². The lowest BCUT2D eigenvalue weighted by Gasteiger charge is -2.34. The van der Waals surface area contributed by atoms with Gasteiger partial charge < -0.3 is 15.8 Å². The smallest absolute Gasteiger partial charge is 0.239 e. The van der Waals surface area contributed by atoms with Crippen LogP contribution in [0, 0.1) is 0 Å². The van der Waals surface area contributed by atoms with Gasteiger partial charge in [-0.25, -0.2) is 0 Å². The van der Waals surface area contributed by atoms with Crippen LogP contribution in [0.4, 0.5) is 5.69 Å². The van der Waals surface area contributed by atoms with Crippen molar-refractivity contribution in [2.45, 2.75) is 12.6 Å². The summed E-state index contributed by atoms with van der Waals surface area (Å²) in [5.74, 6) is -0.0419. The molecule has 1 aliphatic rings. The van der Waals surface area contributed by atoms with E-state index < -0.39 is 0 Å². The van der Waals surface area contributed by atoms with Gasteiger partial charge in [-0.05, 0) is 23.8 Å². The zero-order valence-electron chi connectivity index (χ0n) is 10.9. The van der Waals surface area contributed by atoms with Crippen molar-refractivity contribution in [2.75, 3.05) is 32.5 Å². The number of hydrogen-bond donors (Lipinski definition) is 2. The summed E-state index contributed by atoms with van der Waals surface area (Å²) in [5.41, 5.74) is 7.37. The van der Waals surface area contributed by atoms with Gasteiger partial charge in [-0.2, -0.15) is 0 Å². The zero-order valence-corrected chi connectivity index (χ0v) is 11.6. The Kier molecular flexibility index (Phi) is 4.63. The van der Waals surface area contributed by atoms with Crippen molar-refractivity contribution in [2.24, 2.45) is 0 Å². The SMILES string of the molecule is CNC(=O)C1COCCN1Cc1cc(N)ccc1Cl. The van der Waals surface area contributed by atoms with E-state index in [1.165, 1.54) is 0 Å². The van der Waals surface area contributed by atoms with E-state index in [9.17, 15) is 4.79 Å². The van der Waals surface area contributed by atoms with Crippen LogP contribution >= 0.6 is 11.6 Å². The molecule has 1 unspecified atom stereocenters. The van der Waals surface area contributed by atoms with Crippen molar-refractivity contribution in [3.05, 3.63) is 28.8 Å². The third-order valence-electron chi connectivity index (χ3n) is 3.23. The number of likely N-dealkylation sites (N-methyl/N-ethyl adjacent to an activating group) is 1. The number of nitrogens with zero attached hydrogens (tertiary/aromatic N) is 1. The van der Waals surface area contributed by atoms with Crippen LogP contribution in [0.3, 0.4) is 0 Å². The second-order valence-corrected chi connectivity index (χ2v) is 4.93. The van der Waals surface area contributed by atoms with Crippen LogP contribution in [0.2, 0.25) is 5.02 Å². The Morgan fingerprint density at radius 1 is 1.63 bits per heavy atom. The fourth-order valence-corrected chi connectivity index (χ4v) is 2.35. The number of nitrogen functional groups attached to an aromatic ring is 1. The number of rotatable bonds is 3. The van der Waals surface area contributed by atoms with Gasteiger partial charge in [0.1, 0.15) is 6.04 Å². The Balaban J connectivity index is 2.15. The molecule has 1 saturated heterocycles. The standard InChI is InChI=1S/C13H18ClN3O2/c1-16-13(18)12-8-19-5-4-17(12)7-9-6-10(15)2-3-11(9)14/h2-3,6,12H,4-5,7-8,15H2,1H3,(H,16,18). The van der Waals surface area contributed by atoms with Gasteiger partial charge in [0, 0.05) is 30.8 Å². The van der Waals surface area contributed by atoms with E-state index in [-0.39, 0.29) is 11.9 Å². The van der Waals surface area contributed by atoms with Gasteiger partial charge in [0.15, 0.2) is 0 Å². The van der Waals surface area contributed by atoms with Crippen molar-refractivity contribution in [3.8, 4) is 0 Å². The zero-order chi connectivity index (χ0) is 13.8. The Labute approximate surface area is 117 Å². The lowest BCUT2D eigenvalue weighted by Crippen LogP contribution is -2.52. The van der Waals surface area contributed by atoms with Crippen molar-refractivity contribution < 1.29 is 9.53 Å². The van der Waals surface area contributed by atoms with Crippen molar-refractivity contribution >= 4 is 23.2 Å². The molecule has 1 fully saturated rings. The molecule has 0 aromatic heterocycles. The average Bonchev–Trinajstić information content (AvgIpc) is 2.42. The molecular formula is C13H18ClN3O2. The first-order valence-corrected chi connectivity index (χ1v) is 6.57. The van der Waals surface area contributed by atoms with E-state index in [4.69, 9.17) is 22.1 Å². The summed E-state index contributed by atoms with van der Waals surface area (Å²) < 4.78 is 5.37. The fraction of sp³-hybridized carbons (Fsp3) is 0.462. The second kappa shape index (κ2) is 6.23. The quantitative estimate of drug-likeness (QED) is 0.808. The predicted octanol–water partition coefficient (Wildman–Crippen LogP) is 0.869. The lowest BCUT2D eigenvalue weighted by molar-refractivity contribution is -0.132. The molecule has 104 valence electrons. The summed E-state index contributed by atoms with van der Waals surface area (Å²) in [5, 5.41) is 3.32. The number of ether oxygens (including phenoxy) is 1. The van der Waals surface area contributed by atoms with Gasteiger partial charge in [0.25, 0.3) is 0 Å². The van der Waals surface area contributed by atoms with E-state index in [0.717, 1.165) is 5.56 Å². The number of amides is 1. The van der Waals surface area contributed by atoms with Gasteiger partial charge >= 0.3 is 0 Å². The monoisotopic (exact) mass is 283 g/mol. The Bertz CT molecular complexity index is 467. The summed E-state index contributed by atoms with van der Waals surface area (Å²) in [6.45, 7) is 2.31. The first-order chi connectivity index (χ1) is 9.11. The number of halogens is 1. The maximum atomic E-state index is 11.8. The molecule has 0 radical (unpaired) electrons. The van der Waals surface area contributed by atoms with E-state index in [1.807, 2.05) is 6.07 Å².